The van der Waals surface area contributed by atoms with Crippen LogP contribution in [0.3, 0.4) is 0 Å². The summed E-state index contributed by atoms with van der Waals surface area (Å²) < 4.78 is 7.23. The van der Waals surface area contributed by atoms with Crippen LogP contribution in [0.1, 0.15) is 19.6 Å². The van der Waals surface area contributed by atoms with Crippen LogP contribution in [0.15, 0.2) is 12.7 Å². The average Bonchev–Trinajstić information content (AvgIpc) is 3.02. The zero-order chi connectivity index (χ0) is 15.0. The van der Waals surface area contributed by atoms with Crippen LogP contribution in [0.5, 0.6) is 0 Å². The predicted octanol–water partition coefficient (Wildman–Crippen LogP) is -0.575. The molecule has 21 heavy (non-hydrogen) atoms. The highest BCUT2D eigenvalue weighted by atomic mass is 16.5. The number of aromatic nitrogens is 4. The largest absolute Gasteiger partial charge is 0.394 e. The fourth-order valence-electron chi connectivity index (χ4n) is 2.37. The van der Waals surface area contributed by atoms with Gasteiger partial charge in [0.15, 0.2) is 17.0 Å². The fourth-order valence-corrected chi connectivity index (χ4v) is 2.37. The summed E-state index contributed by atoms with van der Waals surface area (Å²) in [6.07, 6.45) is 1.33. The third-order valence-corrected chi connectivity index (χ3v) is 3.35. The molecule has 0 radical (unpaired) electrons. The summed E-state index contributed by atoms with van der Waals surface area (Å²) in [6, 6.07) is 0. The van der Waals surface area contributed by atoms with E-state index in [1.165, 1.54) is 19.6 Å². The Kier molecular flexibility index (Phi) is 3.53. The van der Waals surface area contributed by atoms with E-state index >= 15 is 0 Å². The van der Waals surface area contributed by atoms with Gasteiger partial charge in [-0.2, -0.15) is 0 Å². The maximum absolute atomic E-state index is 11.2. The van der Waals surface area contributed by atoms with Crippen LogP contribution < -0.4 is 5.32 Å². The Morgan fingerprint density at radius 3 is 3.00 bits per heavy atom. The monoisotopic (exact) mass is 293 g/mol. The molecular weight excluding hydrogens is 278 g/mol. The number of hydrogen-bond acceptors (Lipinski definition) is 7. The van der Waals surface area contributed by atoms with Gasteiger partial charge in [-0.05, 0) is 0 Å². The highest BCUT2D eigenvalue weighted by Gasteiger charge is 2.35. The van der Waals surface area contributed by atoms with Gasteiger partial charge in [-0.3, -0.25) is 9.36 Å². The lowest BCUT2D eigenvalue weighted by Gasteiger charge is -2.13. The first-order valence-corrected chi connectivity index (χ1v) is 6.49. The normalized spacial score (nSPS) is 25.4. The van der Waals surface area contributed by atoms with Crippen molar-refractivity contribution in [1.29, 1.82) is 0 Å². The molecule has 2 aromatic heterocycles. The van der Waals surface area contributed by atoms with Crippen molar-refractivity contribution in [1.82, 2.24) is 19.5 Å². The van der Waals surface area contributed by atoms with Crippen molar-refractivity contribution in [2.75, 3.05) is 11.9 Å². The van der Waals surface area contributed by atoms with Gasteiger partial charge in [-0.25, -0.2) is 15.0 Å². The number of carbonyl (C=O) groups excluding carboxylic acids is 1. The molecule has 9 heteroatoms. The zero-order valence-corrected chi connectivity index (χ0v) is 11.3. The van der Waals surface area contributed by atoms with E-state index in [1.54, 1.807) is 4.57 Å². The lowest BCUT2D eigenvalue weighted by molar-refractivity contribution is -0.114. The van der Waals surface area contributed by atoms with Crippen molar-refractivity contribution in [2.24, 2.45) is 0 Å². The van der Waals surface area contributed by atoms with Gasteiger partial charge in [0.1, 0.15) is 18.7 Å². The number of aliphatic hydroxyl groups excluding tert-OH is 2. The Morgan fingerprint density at radius 2 is 2.33 bits per heavy atom. The summed E-state index contributed by atoms with van der Waals surface area (Å²) in [6.45, 7) is 1.13. The van der Waals surface area contributed by atoms with Crippen LogP contribution in [0.4, 0.5) is 5.82 Å². The molecule has 9 nitrogen and oxygen atoms in total. The van der Waals surface area contributed by atoms with E-state index in [0.717, 1.165) is 0 Å². The minimum atomic E-state index is -0.742. The lowest BCUT2D eigenvalue weighted by Crippen LogP contribution is -2.24. The number of amides is 1. The van der Waals surface area contributed by atoms with Gasteiger partial charge in [-0.15, -0.1) is 0 Å². The molecule has 0 spiro atoms. The van der Waals surface area contributed by atoms with Crippen molar-refractivity contribution in [2.45, 2.75) is 31.8 Å². The number of fused-ring (bicyclic) bond motifs is 1. The second-order valence-corrected chi connectivity index (χ2v) is 4.84. The third-order valence-electron chi connectivity index (χ3n) is 3.35. The standard InChI is InChI=1S/C12H15N5O4/c1-6(19)16-11-10-12(14-4-13-11)17(5-15-10)9-2-7(20)8(3-18)21-9/h4-5,7-9,18,20H,2-3H2,1H3,(H,13,14,16,19)/t7-,8?,9?/m1/s1. The SMILES string of the molecule is CC(=O)Nc1ncnc2c1ncn2C1C[C@@H](O)C(CO)O1. The minimum absolute atomic E-state index is 0.252. The third kappa shape index (κ3) is 2.46. The number of carbonyl (C=O) groups is 1. The molecule has 0 bridgehead atoms. The summed E-state index contributed by atoms with van der Waals surface area (Å²) in [4.78, 5) is 23.5. The van der Waals surface area contributed by atoms with Gasteiger partial charge < -0.3 is 20.3 Å². The van der Waals surface area contributed by atoms with Crippen LogP contribution >= 0.6 is 0 Å². The summed E-state index contributed by atoms with van der Waals surface area (Å²) in [5, 5.41) is 21.5. The molecule has 1 aliphatic rings. The molecule has 0 aliphatic carbocycles. The average molecular weight is 293 g/mol. The molecular formula is C12H15N5O4. The molecule has 112 valence electrons. The molecule has 3 atom stereocenters. The van der Waals surface area contributed by atoms with E-state index in [0.29, 0.717) is 23.4 Å². The van der Waals surface area contributed by atoms with Crippen molar-refractivity contribution in [3.05, 3.63) is 12.7 Å². The quantitative estimate of drug-likeness (QED) is 0.692. The van der Waals surface area contributed by atoms with Crippen molar-refractivity contribution < 1.29 is 19.7 Å². The van der Waals surface area contributed by atoms with Gasteiger partial charge in [0.25, 0.3) is 0 Å². The molecule has 2 unspecified atom stereocenters. The first kappa shape index (κ1) is 13.9. The molecule has 3 heterocycles. The predicted molar refractivity (Wildman–Crippen MR) is 71.2 cm³/mol. The maximum Gasteiger partial charge on any atom is 0.222 e. The summed E-state index contributed by atoms with van der Waals surface area (Å²) >= 11 is 0. The maximum atomic E-state index is 11.2. The number of rotatable bonds is 3. The summed E-state index contributed by atoms with van der Waals surface area (Å²) in [7, 11) is 0. The van der Waals surface area contributed by atoms with Crippen molar-refractivity contribution in [3.63, 3.8) is 0 Å². The number of hydrogen-bond donors (Lipinski definition) is 3. The van der Waals surface area contributed by atoms with Crippen LogP contribution in [0.25, 0.3) is 11.2 Å². The van der Waals surface area contributed by atoms with Gasteiger partial charge in [0.2, 0.25) is 5.91 Å². The van der Waals surface area contributed by atoms with Crippen LogP contribution in [-0.4, -0.2) is 54.5 Å². The Balaban J connectivity index is 1.96. The molecule has 0 aromatic carbocycles. The molecule has 1 amide bonds. The molecule has 1 aliphatic heterocycles. The van der Waals surface area contributed by atoms with Crippen LogP contribution in [0.2, 0.25) is 0 Å². The van der Waals surface area contributed by atoms with Crippen molar-refractivity contribution in [3.8, 4) is 0 Å². The Morgan fingerprint density at radius 1 is 1.52 bits per heavy atom. The second-order valence-electron chi connectivity index (χ2n) is 4.84. The summed E-state index contributed by atoms with van der Waals surface area (Å²) in [5.41, 5.74) is 0.933. The van der Waals surface area contributed by atoms with Crippen LogP contribution in [0, 0.1) is 0 Å². The first-order valence-electron chi connectivity index (χ1n) is 6.49. The Hall–Kier alpha value is -2.10. The highest BCUT2D eigenvalue weighted by Crippen LogP contribution is 2.31. The topological polar surface area (TPSA) is 122 Å². The van der Waals surface area contributed by atoms with E-state index in [-0.39, 0.29) is 12.5 Å². The molecule has 3 N–H and O–H groups in total. The van der Waals surface area contributed by atoms with Crippen LogP contribution in [-0.2, 0) is 9.53 Å². The lowest BCUT2D eigenvalue weighted by atomic mass is 10.2. The minimum Gasteiger partial charge on any atom is -0.394 e. The first-order chi connectivity index (χ1) is 10.1. The second kappa shape index (κ2) is 5.35. The van der Waals surface area contributed by atoms with E-state index in [4.69, 9.17) is 9.84 Å². The molecule has 0 saturated carbocycles. The molecule has 2 aromatic rings. The zero-order valence-electron chi connectivity index (χ0n) is 11.3. The number of nitrogens with zero attached hydrogens (tertiary/aromatic N) is 4. The summed E-state index contributed by atoms with van der Waals surface area (Å²) in [5.74, 6) is 0.0703. The van der Waals surface area contributed by atoms with E-state index in [9.17, 15) is 9.90 Å². The highest BCUT2D eigenvalue weighted by molar-refractivity contribution is 5.95. The number of nitrogens with one attached hydrogen (secondary N) is 1. The molecule has 1 saturated heterocycles. The number of ether oxygens (including phenoxy) is 1. The Labute approximate surface area is 119 Å². The number of anilines is 1. The van der Waals surface area contributed by atoms with Crippen molar-refractivity contribution >= 4 is 22.9 Å². The number of imidazole rings is 1. The van der Waals surface area contributed by atoms with Gasteiger partial charge in [0, 0.05) is 13.3 Å². The fraction of sp³-hybridized carbons (Fsp3) is 0.500. The van der Waals surface area contributed by atoms with Gasteiger partial charge in [0.05, 0.1) is 19.0 Å². The number of aliphatic hydroxyl groups is 2. The Bertz CT molecular complexity index is 673. The van der Waals surface area contributed by atoms with Gasteiger partial charge >= 0.3 is 0 Å². The molecule has 3 rings (SSSR count). The molecule has 1 fully saturated rings. The van der Waals surface area contributed by atoms with E-state index in [1.807, 2.05) is 0 Å². The van der Waals surface area contributed by atoms with Gasteiger partial charge in [-0.1, -0.05) is 0 Å². The van der Waals surface area contributed by atoms with E-state index in [2.05, 4.69) is 20.3 Å². The smallest absolute Gasteiger partial charge is 0.222 e. The van der Waals surface area contributed by atoms with E-state index < -0.39 is 18.4 Å².